The second kappa shape index (κ2) is 8.11. The van der Waals surface area contributed by atoms with Gasteiger partial charge in [0.1, 0.15) is 5.75 Å². The fourth-order valence-electron chi connectivity index (χ4n) is 3.09. The quantitative estimate of drug-likeness (QED) is 0.592. The fraction of sp³-hybridized carbons (Fsp3) is 0.182. The lowest BCUT2D eigenvalue weighted by Gasteiger charge is -2.14. The van der Waals surface area contributed by atoms with Crippen molar-refractivity contribution < 1.29 is 15.0 Å². The van der Waals surface area contributed by atoms with Crippen LogP contribution in [0.5, 0.6) is 5.75 Å². The zero-order chi connectivity index (χ0) is 18.5. The minimum absolute atomic E-state index is 0.174. The lowest BCUT2D eigenvalue weighted by Crippen LogP contribution is -2.20. The zero-order valence-corrected chi connectivity index (χ0v) is 15.1. The summed E-state index contributed by atoms with van der Waals surface area (Å²) in [4.78, 5) is 12.4. The van der Waals surface area contributed by atoms with E-state index in [1.54, 1.807) is 24.3 Å². The summed E-state index contributed by atoms with van der Waals surface area (Å²) in [7, 11) is 0. The van der Waals surface area contributed by atoms with Crippen molar-refractivity contribution in [3.63, 3.8) is 0 Å². The van der Waals surface area contributed by atoms with Crippen LogP contribution >= 0.6 is 12.2 Å². The van der Waals surface area contributed by atoms with Gasteiger partial charge < -0.3 is 10.2 Å². The van der Waals surface area contributed by atoms with Crippen molar-refractivity contribution in [2.75, 3.05) is 0 Å². The third kappa shape index (κ3) is 4.67. The minimum Gasteiger partial charge on any atom is -0.508 e. The van der Waals surface area contributed by atoms with Gasteiger partial charge in [0.25, 0.3) is 0 Å². The molecule has 0 saturated carbocycles. The number of phenolic OH excluding ortho intramolecular Hbond substituents is 1. The number of benzene rings is 3. The van der Waals surface area contributed by atoms with Gasteiger partial charge in [0.15, 0.2) is 0 Å². The summed E-state index contributed by atoms with van der Waals surface area (Å²) in [6, 6.07) is 21.0. The molecule has 0 aliphatic carbocycles. The lowest BCUT2D eigenvalue weighted by atomic mass is 9.92. The van der Waals surface area contributed by atoms with Crippen LogP contribution in [0.4, 0.5) is 0 Å². The number of phenols is 1. The van der Waals surface area contributed by atoms with Gasteiger partial charge in [-0.25, -0.2) is 0 Å². The van der Waals surface area contributed by atoms with Crippen LogP contribution in [0, 0.1) is 5.92 Å². The molecule has 3 nitrogen and oxygen atoms in total. The van der Waals surface area contributed by atoms with Gasteiger partial charge in [-0.3, -0.25) is 4.79 Å². The van der Waals surface area contributed by atoms with Crippen LogP contribution in [0.15, 0.2) is 66.7 Å². The normalized spacial score (nSPS) is 12.0. The van der Waals surface area contributed by atoms with E-state index in [0.29, 0.717) is 19.3 Å². The molecule has 0 aromatic heterocycles. The molecule has 0 aliphatic rings. The smallest absolute Gasteiger partial charge is 0.307 e. The van der Waals surface area contributed by atoms with Crippen molar-refractivity contribution in [1.82, 2.24) is 0 Å². The molecule has 0 amide bonds. The van der Waals surface area contributed by atoms with Crippen LogP contribution in [0.25, 0.3) is 10.8 Å². The highest BCUT2D eigenvalue weighted by Gasteiger charge is 2.20. The number of hydrogen-bond donors (Lipinski definition) is 2. The molecule has 1 atom stereocenters. The van der Waals surface area contributed by atoms with Crippen molar-refractivity contribution in [3.8, 4) is 5.75 Å². The maximum absolute atomic E-state index is 11.6. The fourth-order valence-corrected chi connectivity index (χ4v) is 3.45. The van der Waals surface area contributed by atoms with Gasteiger partial charge in [-0.2, -0.15) is 0 Å². The van der Waals surface area contributed by atoms with Crippen LogP contribution < -0.4 is 0 Å². The van der Waals surface area contributed by atoms with E-state index in [4.69, 9.17) is 12.2 Å². The molecule has 0 spiro atoms. The van der Waals surface area contributed by atoms with Crippen LogP contribution in [-0.4, -0.2) is 21.0 Å². The van der Waals surface area contributed by atoms with Crippen molar-refractivity contribution >= 4 is 33.8 Å². The largest absolute Gasteiger partial charge is 0.508 e. The molecule has 4 heteroatoms. The van der Waals surface area contributed by atoms with Gasteiger partial charge in [0, 0.05) is 6.42 Å². The number of aliphatic carboxylic acids is 1. The predicted octanol–water partition coefficient (Wildman–Crippen LogP) is 4.79. The van der Waals surface area contributed by atoms with E-state index in [1.165, 1.54) is 5.39 Å². The summed E-state index contributed by atoms with van der Waals surface area (Å²) in [6.45, 7) is 0. The van der Waals surface area contributed by atoms with E-state index in [9.17, 15) is 15.0 Å². The molecule has 0 saturated heterocycles. The monoisotopic (exact) mass is 364 g/mol. The minimum atomic E-state index is -0.848. The molecule has 3 aromatic rings. The molecule has 2 N–H and O–H groups in total. The first-order valence-electron chi connectivity index (χ1n) is 8.51. The Kier molecular flexibility index (Phi) is 5.64. The molecule has 1 unspecified atom stereocenters. The molecule has 0 aliphatic heterocycles. The highest BCUT2D eigenvalue weighted by molar-refractivity contribution is 7.80. The summed E-state index contributed by atoms with van der Waals surface area (Å²) in [6.07, 6.45) is 1.35. The first kappa shape index (κ1) is 18.1. The summed E-state index contributed by atoms with van der Waals surface area (Å²) in [5.41, 5.74) is 1.98. The number of thiocarbonyl (C=S) groups is 1. The second-order valence-corrected chi connectivity index (χ2v) is 7.08. The number of aromatic hydroxyl groups is 1. The van der Waals surface area contributed by atoms with E-state index >= 15 is 0 Å². The van der Waals surface area contributed by atoms with E-state index in [0.717, 1.165) is 21.4 Å². The molecular weight excluding hydrogens is 344 g/mol. The highest BCUT2D eigenvalue weighted by Crippen LogP contribution is 2.20. The molecule has 3 rings (SSSR count). The molecular formula is C22H20O3S. The first-order valence-corrected chi connectivity index (χ1v) is 8.92. The topological polar surface area (TPSA) is 57.5 Å². The SMILES string of the molecule is O=C(O)C(CC(=S)Cc1ccc2ccccc2c1)Cc1ccc(O)cc1. The van der Waals surface area contributed by atoms with E-state index in [-0.39, 0.29) is 5.75 Å². The number of hydrogen-bond acceptors (Lipinski definition) is 3. The number of carbonyl (C=O) groups is 1. The van der Waals surface area contributed by atoms with Crippen LogP contribution in [0.1, 0.15) is 17.5 Å². The van der Waals surface area contributed by atoms with Gasteiger partial charge in [0.05, 0.1) is 5.92 Å². The Balaban J connectivity index is 1.67. The summed E-state index contributed by atoms with van der Waals surface area (Å²) < 4.78 is 0. The lowest BCUT2D eigenvalue weighted by molar-refractivity contribution is -0.141. The van der Waals surface area contributed by atoms with E-state index in [2.05, 4.69) is 24.3 Å². The van der Waals surface area contributed by atoms with Crippen molar-refractivity contribution in [1.29, 1.82) is 0 Å². The standard InChI is InChI=1S/C22H20O3S/c23-20-9-6-15(7-10-20)11-19(22(24)25)14-21(26)13-16-5-8-17-3-1-2-4-18(17)12-16/h1-10,12,19,23H,11,13-14H2,(H,24,25). The van der Waals surface area contributed by atoms with Gasteiger partial charge >= 0.3 is 5.97 Å². The van der Waals surface area contributed by atoms with Gasteiger partial charge in [-0.1, -0.05) is 66.8 Å². The Morgan fingerprint density at radius 2 is 1.58 bits per heavy atom. The maximum atomic E-state index is 11.6. The van der Waals surface area contributed by atoms with Gasteiger partial charge in [-0.15, -0.1) is 0 Å². The van der Waals surface area contributed by atoms with Gasteiger partial charge in [-0.05, 0) is 51.7 Å². The Labute approximate surface area is 157 Å². The average Bonchev–Trinajstić information content (AvgIpc) is 2.62. The van der Waals surface area contributed by atoms with E-state index in [1.807, 2.05) is 18.2 Å². The summed E-state index contributed by atoms with van der Waals surface area (Å²) in [5.74, 6) is -1.24. The Bertz CT molecular complexity index is 932. The Morgan fingerprint density at radius 1 is 0.923 bits per heavy atom. The maximum Gasteiger partial charge on any atom is 0.307 e. The first-order chi connectivity index (χ1) is 12.5. The van der Waals surface area contributed by atoms with Gasteiger partial charge in [0.2, 0.25) is 0 Å². The average molecular weight is 364 g/mol. The third-order valence-corrected chi connectivity index (χ3v) is 4.77. The molecule has 0 fully saturated rings. The second-order valence-electron chi connectivity index (χ2n) is 6.51. The molecule has 132 valence electrons. The Hall–Kier alpha value is -2.72. The molecule has 3 aromatic carbocycles. The number of rotatable bonds is 7. The Morgan fingerprint density at radius 3 is 2.27 bits per heavy atom. The van der Waals surface area contributed by atoms with Crippen LogP contribution in [0.3, 0.4) is 0 Å². The highest BCUT2D eigenvalue weighted by atomic mass is 32.1. The predicted molar refractivity (Wildman–Crippen MR) is 108 cm³/mol. The number of carboxylic acid groups (broad SMARTS) is 1. The third-order valence-electron chi connectivity index (χ3n) is 4.46. The van der Waals surface area contributed by atoms with Crippen molar-refractivity contribution in [2.24, 2.45) is 5.92 Å². The molecule has 26 heavy (non-hydrogen) atoms. The molecule has 0 radical (unpaired) electrons. The van der Waals surface area contributed by atoms with Crippen molar-refractivity contribution in [3.05, 3.63) is 77.9 Å². The molecule has 0 bridgehead atoms. The zero-order valence-electron chi connectivity index (χ0n) is 14.3. The van der Waals surface area contributed by atoms with E-state index < -0.39 is 11.9 Å². The number of carboxylic acids is 1. The summed E-state index contributed by atoms with van der Waals surface area (Å²) >= 11 is 5.49. The number of fused-ring (bicyclic) bond motifs is 1. The summed E-state index contributed by atoms with van der Waals surface area (Å²) in [5, 5.41) is 21.2. The molecule has 0 heterocycles. The van der Waals surface area contributed by atoms with Crippen LogP contribution in [-0.2, 0) is 17.6 Å². The van der Waals surface area contributed by atoms with Crippen LogP contribution in [0.2, 0.25) is 0 Å². The van der Waals surface area contributed by atoms with Crippen molar-refractivity contribution in [2.45, 2.75) is 19.3 Å².